The van der Waals surface area contributed by atoms with Crippen molar-refractivity contribution in [2.45, 2.75) is 70.2 Å². The molecule has 1 aliphatic heterocycles. The fourth-order valence-electron chi connectivity index (χ4n) is 2.98. The Balaban J connectivity index is 2.04. The Hall–Kier alpha value is -1.74. The van der Waals surface area contributed by atoms with Gasteiger partial charge in [0.1, 0.15) is 0 Å². The summed E-state index contributed by atoms with van der Waals surface area (Å²) in [4.78, 5) is 25.8. The third kappa shape index (κ3) is 6.12. The van der Waals surface area contributed by atoms with Crippen LogP contribution >= 0.6 is 0 Å². The summed E-state index contributed by atoms with van der Waals surface area (Å²) in [5.41, 5.74) is 6.15. The van der Waals surface area contributed by atoms with Crippen LogP contribution in [0.4, 0.5) is 0 Å². The van der Waals surface area contributed by atoms with Gasteiger partial charge in [-0.05, 0) is 30.1 Å². The molecule has 1 aromatic rings. The second-order valence-electron chi connectivity index (χ2n) is 9.25. The third-order valence-corrected chi connectivity index (χ3v) is 10.3. The van der Waals surface area contributed by atoms with E-state index in [0.29, 0.717) is 13.0 Å². The van der Waals surface area contributed by atoms with Gasteiger partial charge in [0.15, 0.2) is 8.32 Å². The Morgan fingerprint density at radius 2 is 1.93 bits per heavy atom. The molecule has 3 N–H and O–H groups in total. The Morgan fingerprint density at radius 3 is 2.48 bits per heavy atom. The highest BCUT2D eigenvalue weighted by Crippen LogP contribution is 2.38. The zero-order valence-electron chi connectivity index (χ0n) is 18.1. The molecule has 0 saturated carbocycles. The fourth-order valence-corrected chi connectivity index (χ4v) is 4.02. The van der Waals surface area contributed by atoms with Gasteiger partial charge >= 0.3 is 0 Å². The minimum absolute atomic E-state index is 0.0612. The molecule has 0 aromatic heterocycles. The first-order chi connectivity index (χ1) is 13.3. The van der Waals surface area contributed by atoms with Crippen LogP contribution in [0.15, 0.2) is 30.3 Å². The van der Waals surface area contributed by atoms with Gasteiger partial charge in [-0.25, -0.2) is 0 Å². The molecule has 0 aliphatic carbocycles. The minimum Gasteiger partial charge on any atom is -0.414 e. The van der Waals surface area contributed by atoms with Gasteiger partial charge in [-0.2, -0.15) is 0 Å². The summed E-state index contributed by atoms with van der Waals surface area (Å²) in [6.07, 6.45) is 0.291. The van der Waals surface area contributed by atoms with Crippen LogP contribution in [0, 0.1) is 0 Å². The molecule has 162 valence electrons. The number of rotatable bonds is 8. The van der Waals surface area contributed by atoms with Crippen LogP contribution in [0.1, 0.15) is 39.2 Å². The number of hydrogen-bond donors (Lipinski definition) is 2. The number of aliphatic hydroxyl groups is 1. The van der Waals surface area contributed by atoms with E-state index in [0.717, 1.165) is 5.56 Å². The van der Waals surface area contributed by atoms with E-state index in [9.17, 15) is 14.7 Å². The van der Waals surface area contributed by atoms with Crippen molar-refractivity contribution < 1.29 is 23.9 Å². The van der Waals surface area contributed by atoms with Crippen molar-refractivity contribution in [2.24, 2.45) is 5.73 Å². The number of ether oxygens (including phenoxy) is 1. The van der Waals surface area contributed by atoms with E-state index in [1.165, 1.54) is 4.90 Å². The standard InChI is InChI=1S/C21H34N2O5Si/c1-20(2,3)29(4,5)27-15-17-11-12-21(26,28-17)19(25)23(14-18(22)24)13-16-9-7-6-8-10-16/h6-10,17,26H,11-15H2,1-5H3,(H2,22,24)/t17-,21?/m0/s1. The lowest BCUT2D eigenvalue weighted by atomic mass is 10.1. The summed E-state index contributed by atoms with van der Waals surface area (Å²) < 4.78 is 11.9. The summed E-state index contributed by atoms with van der Waals surface area (Å²) in [5, 5.41) is 10.9. The van der Waals surface area contributed by atoms with Crippen molar-refractivity contribution >= 4 is 20.1 Å². The van der Waals surface area contributed by atoms with E-state index in [2.05, 4.69) is 33.9 Å². The van der Waals surface area contributed by atoms with E-state index in [1.54, 1.807) is 0 Å². The molecule has 1 aromatic carbocycles. The van der Waals surface area contributed by atoms with Gasteiger partial charge in [-0.1, -0.05) is 51.1 Å². The Morgan fingerprint density at radius 1 is 1.31 bits per heavy atom. The van der Waals surface area contributed by atoms with Gasteiger partial charge < -0.3 is 24.9 Å². The lowest BCUT2D eigenvalue weighted by molar-refractivity contribution is -0.212. The number of carbonyl (C=O) groups excluding carboxylic acids is 2. The number of carbonyl (C=O) groups is 2. The van der Waals surface area contributed by atoms with Crippen LogP contribution in [0.3, 0.4) is 0 Å². The predicted octanol–water partition coefficient (Wildman–Crippen LogP) is 2.39. The van der Waals surface area contributed by atoms with Crippen molar-refractivity contribution in [1.29, 1.82) is 0 Å². The zero-order chi connectivity index (χ0) is 21.9. The predicted molar refractivity (Wildman–Crippen MR) is 113 cm³/mol. The number of hydrogen-bond acceptors (Lipinski definition) is 5. The van der Waals surface area contributed by atoms with Crippen LogP contribution in [-0.2, 0) is 25.3 Å². The second kappa shape index (κ2) is 8.95. The first-order valence-corrected chi connectivity index (χ1v) is 12.9. The molecule has 1 unspecified atom stereocenters. The lowest BCUT2D eigenvalue weighted by Gasteiger charge is -2.37. The van der Waals surface area contributed by atoms with E-state index in [4.69, 9.17) is 14.9 Å². The number of nitrogens with two attached hydrogens (primary N) is 1. The summed E-state index contributed by atoms with van der Waals surface area (Å²) in [6.45, 7) is 11.0. The topological polar surface area (TPSA) is 102 Å². The zero-order valence-corrected chi connectivity index (χ0v) is 19.1. The molecule has 0 radical (unpaired) electrons. The van der Waals surface area contributed by atoms with Crippen molar-refractivity contribution in [3.63, 3.8) is 0 Å². The molecule has 0 spiro atoms. The maximum Gasteiger partial charge on any atom is 0.283 e. The second-order valence-corrected chi connectivity index (χ2v) is 14.1. The average Bonchev–Trinajstić information content (AvgIpc) is 3.01. The van der Waals surface area contributed by atoms with Gasteiger partial charge in [-0.15, -0.1) is 0 Å². The number of primary amides is 1. The van der Waals surface area contributed by atoms with Gasteiger partial charge in [-0.3, -0.25) is 9.59 Å². The van der Waals surface area contributed by atoms with Gasteiger partial charge in [0.2, 0.25) is 11.7 Å². The average molecular weight is 423 g/mol. The highest BCUT2D eigenvalue weighted by molar-refractivity contribution is 6.74. The van der Waals surface area contributed by atoms with Crippen LogP contribution < -0.4 is 5.73 Å². The van der Waals surface area contributed by atoms with Crippen LogP contribution in [0.2, 0.25) is 18.1 Å². The van der Waals surface area contributed by atoms with Crippen LogP contribution in [0.25, 0.3) is 0 Å². The molecule has 1 heterocycles. The first kappa shape index (κ1) is 23.5. The van der Waals surface area contributed by atoms with E-state index in [1.807, 2.05) is 30.3 Å². The van der Waals surface area contributed by atoms with E-state index >= 15 is 0 Å². The molecule has 8 heteroatoms. The first-order valence-electron chi connectivity index (χ1n) is 10.00. The summed E-state index contributed by atoms with van der Waals surface area (Å²) >= 11 is 0. The monoisotopic (exact) mass is 422 g/mol. The lowest BCUT2D eigenvalue weighted by Crippen LogP contribution is -2.51. The van der Waals surface area contributed by atoms with Crippen molar-refractivity contribution in [1.82, 2.24) is 4.90 Å². The SMILES string of the molecule is CC(C)(C)[Si](C)(C)OC[C@@H]1CCC(O)(C(=O)N(CC(N)=O)Cc2ccccc2)O1. The van der Waals surface area contributed by atoms with Crippen molar-refractivity contribution in [2.75, 3.05) is 13.2 Å². The smallest absolute Gasteiger partial charge is 0.283 e. The van der Waals surface area contributed by atoms with Gasteiger partial charge in [0.05, 0.1) is 19.3 Å². The van der Waals surface area contributed by atoms with Gasteiger partial charge in [0, 0.05) is 13.0 Å². The normalized spacial score (nSPS) is 22.5. The Bertz CT molecular complexity index is 720. The highest BCUT2D eigenvalue weighted by atomic mass is 28.4. The summed E-state index contributed by atoms with van der Waals surface area (Å²) in [6, 6.07) is 9.24. The minimum atomic E-state index is -1.97. The third-order valence-electron chi connectivity index (χ3n) is 5.79. The quantitative estimate of drug-likeness (QED) is 0.626. The molecule has 1 saturated heterocycles. The Kier molecular flexibility index (Phi) is 7.26. The molecular formula is C21H34N2O5Si. The molecule has 2 rings (SSSR count). The van der Waals surface area contributed by atoms with E-state index in [-0.39, 0.29) is 30.7 Å². The van der Waals surface area contributed by atoms with E-state index < -0.39 is 25.9 Å². The number of amides is 2. The highest BCUT2D eigenvalue weighted by Gasteiger charge is 2.48. The maximum absolute atomic E-state index is 13.0. The number of benzene rings is 1. The molecule has 29 heavy (non-hydrogen) atoms. The largest absolute Gasteiger partial charge is 0.414 e. The molecule has 1 aliphatic rings. The molecule has 2 amide bonds. The molecule has 1 fully saturated rings. The molecule has 2 atom stereocenters. The fraction of sp³-hybridized carbons (Fsp3) is 0.619. The number of nitrogens with zero attached hydrogens (tertiary/aromatic N) is 1. The summed E-state index contributed by atoms with van der Waals surface area (Å²) in [5.74, 6) is -3.25. The molecule has 0 bridgehead atoms. The van der Waals surface area contributed by atoms with Crippen molar-refractivity contribution in [3.05, 3.63) is 35.9 Å². The van der Waals surface area contributed by atoms with Gasteiger partial charge in [0.25, 0.3) is 5.91 Å². The molecule has 7 nitrogen and oxygen atoms in total. The Labute approximate surface area is 174 Å². The van der Waals surface area contributed by atoms with Crippen LogP contribution in [-0.4, -0.2) is 55.2 Å². The van der Waals surface area contributed by atoms with Crippen LogP contribution in [0.5, 0.6) is 0 Å². The maximum atomic E-state index is 13.0. The molecular weight excluding hydrogens is 388 g/mol. The van der Waals surface area contributed by atoms with Crippen molar-refractivity contribution in [3.8, 4) is 0 Å². The summed E-state index contributed by atoms with van der Waals surface area (Å²) in [7, 11) is -1.96.